The summed E-state index contributed by atoms with van der Waals surface area (Å²) in [7, 11) is 0. The molecule has 0 aliphatic rings. The summed E-state index contributed by atoms with van der Waals surface area (Å²) in [6.45, 7) is 2.14. The van der Waals surface area contributed by atoms with Gasteiger partial charge in [-0.2, -0.15) is 0 Å². The Balaban J connectivity index is 2.17. The van der Waals surface area contributed by atoms with E-state index in [2.05, 4.69) is 15.5 Å². The van der Waals surface area contributed by atoms with Crippen molar-refractivity contribution in [3.63, 3.8) is 0 Å². The molecule has 2 aromatic rings. The molecule has 4 N–H and O–H groups in total. The number of nitrogens with two attached hydrogens (primary N) is 1. The van der Waals surface area contributed by atoms with Crippen LogP contribution in [0.1, 0.15) is 16.8 Å². The van der Waals surface area contributed by atoms with E-state index in [4.69, 9.17) is 10.9 Å². The van der Waals surface area contributed by atoms with Crippen LogP contribution in [0.2, 0.25) is 0 Å². The SMILES string of the molecule is Cc1cc(NCc2cccnc2C(N)=NO)ccc1F. The normalized spacial score (nSPS) is 11.4. The Hall–Kier alpha value is -2.63. The molecule has 0 amide bonds. The number of nitrogens with one attached hydrogen (secondary N) is 1. The molecule has 0 fully saturated rings. The lowest BCUT2D eigenvalue weighted by molar-refractivity contribution is 0.318. The zero-order chi connectivity index (χ0) is 14.5. The van der Waals surface area contributed by atoms with Crippen LogP contribution in [0.15, 0.2) is 41.7 Å². The molecule has 0 unspecified atom stereocenters. The molecule has 0 aliphatic carbocycles. The molecule has 0 saturated heterocycles. The average molecular weight is 274 g/mol. The minimum absolute atomic E-state index is 0.0438. The van der Waals surface area contributed by atoms with Crippen molar-refractivity contribution in [1.29, 1.82) is 0 Å². The lowest BCUT2D eigenvalue weighted by atomic mass is 10.1. The van der Waals surface area contributed by atoms with E-state index < -0.39 is 0 Å². The van der Waals surface area contributed by atoms with Gasteiger partial charge in [0.05, 0.1) is 0 Å². The van der Waals surface area contributed by atoms with Crippen LogP contribution in [0.3, 0.4) is 0 Å². The molecule has 1 heterocycles. The number of hydrogen-bond acceptors (Lipinski definition) is 4. The molecule has 0 bridgehead atoms. The third-order valence-corrected chi connectivity index (χ3v) is 2.88. The molecule has 1 aromatic carbocycles. The summed E-state index contributed by atoms with van der Waals surface area (Å²) in [6, 6.07) is 8.37. The molecule has 20 heavy (non-hydrogen) atoms. The number of hydrogen-bond donors (Lipinski definition) is 3. The average Bonchev–Trinajstić information content (AvgIpc) is 2.48. The maximum absolute atomic E-state index is 13.2. The minimum Gasteiger partial charge on any atom is -0.409 e. The maximum atomic E-state index is 13.2. The first kappa shape index (κ1) is 13.8. The van der Waals surface area contributed by atoms with E-state index >= 15 is 0 Å². The number of benzene rings is 1. The fraction of sp³-hybridized carbons (Fsp3) is 0.143. The third-order valence-electron chi connectivity index (χ3n) is 2.88. The maximum Gasteiger partial charge on any atom is 0.189 e. The zero-order valence-electron chi connectivity index (χ0n) is 11.0. The van der Waals surface area contributed by atoms with Crippen LogP contribution < -0.4 is 11.1 Å². The topological polar surface area (TPSA) is 83.5 Å². The Morgan fingerprint density at radius 1 is 1.45 bits per heavy atom. The molecular weight excluding hydrogens is 259 g/mol. The smallest absolute Gasteiger partial charge is 0.189 e. The Morgan fingerprint density at radius 2 is 2.25 bits per heavy atom. The molecular formula is C14H15FN4O. The van der Waals surface area contributed by atoms with Crippen molar-refractivity contribution in [3.05, 3.63) is 59.2 Å². The van der Waals surface area contributed by atoms with Crippen molar-refractivity contribution in [3.8, 4) is 0 Å². The summed E-state index contributed by atoms with van der Waals surface area (Å²) in [5.41, 5.74) is 8.13. The number of anilines is 1. The summed E-state index contributed by atoms with van der Waals surface area (Å²) < 4.78 is 13.2. The highest BCUT2D eigenvalue weighted by Crippen LogP contribution is 2.15. The number of oxime groups is 1. The van der Waals surface area contributed by atoms with Crippen molar-refractivity contribution in [2.24, 2.45) is 10.9 Å². The summed E-state index contributed by atoms with van der Waals surface area (Å²) in [5, 5.41) is 14.8. The van der Waals surface area contributed by atoms with Gasteiger partial charge in [0.2, 0.25) is 0 Å². The van der Waals surface area contributed by atoms with Crippen molar-refractivity contribution >= 4 is 11.5 Å². The number of halogens is 1. The van der Waals surface area contributed by atoms with Gasteiger partial charge >= 0.3 is 0 Å². The lowest BCUT2D eigenvalue weighted by Crippen LogP contribution is -2.18. The summed E-state index contributed by atoms with van der Waals surface area (Å²) in [4.78, 5) is 4.08. The second-order valence-corrected chi connectivity index (χ2v) is 4.31. The van der Waals surface area contributed by atoms with Crippen LogP contribution in [-0.2, 0) is 6.54 Å². The first-order valence-corrected chi connectivity index (χ1v) is 6.03. The van der Waals surface area contributed by atoms with Gasteiger partial charge in [-0.1, -0.05) is 11.2 Å². The Morgan fingerprint density at radius 3 is 2.95 bits per heavy atom. The van der Waals surface area contributed by atoms with E-state index in [1.54, 1.807) is 31.3 Å². The molecule has 0 saturated carbocycles. The van der Waals surface area contributed by atoms with E-state index in [1.165, 1.54) is 6.07 Å². The molecule has 5 nitrogen and oxygen atoms in total. The van der Waals surface area contributed by atoms with Crippen LogP contribution in [-0.4, -0.2) is 16.0 Å². The van der Waals surface area contributed by atoms with E-state index in [9.17, 15) is 4.39 Å². The molecule has 2 rings (SSSR count). The summed E-state index contributed by atoms with van der Waals surface area (Å²) in [5.74, 6) is -0.285. The molecule has 0 aliphatic heterocycles. The summed E-state index contributed by atoms with van der Waals surface area (Å²) >= 11 is 0. The van der Waals surface area contributed by atoms with Crippen molar-refractivity contribution < 1.29 is 9.60 Å². The molecule has 1 aromatic heterocycles. The van der Waals surface area contributed by atoms with Crippen molar-refractivity contribution in [1.82, 2.24) is 4.98 Å². The van der Waals surface area contributed by atoms with E-state index in [1.807, 2.05) is 6.07 Å². The van der Waals surface area contributed by atoms with Gasteiger partial charge in [0.25, 0.3) is 0 Å². The highest BCUT2D eigenvalue weighted by atomic mass is 19.1. The van der Waals surface area contributed by atoms with Gasteiger partial charge in [-0.15, -0.1) is 0 Å². The number of aromatic nitrogens is 1. The molecule has 6 heteroatoms. The van der Waals surface area contributed by atoms with Crippen LogP contribution >= 0.6 is 0 Å². The van der Waals surface area contributed by atoms with Crippen LogP contribution in [0, 0.1) is 12.7 Å². The van der Waals surface area contributed by atoms with E-state index in [0.29, 0.717) is 17.8 Å². The predicted octanol–water partition coefficient (Wildman–Crippen LogP) is 2.24. The third kappa shape index (κ3) is 3.03. The minimum atomic E-state index is -0.241. The molecule has 104 valence electrons. The van der Waals surface area contributed by atoms with Gasteiger partial charge in [-0.05, 0) is 36.8 Å². The number of pyridine rings is 1. The van der Waals surface area contributed by atoms with Gasteiger partial charge in [-0.25, -0.2) is 4.39 Å². The lowest BCUT2D eigenvalue weighted by Gasteiger charge is -2.10. The molecule has 0 atom stereocenters. The van der Waals surface area contributed by atoms with Crippen LogP contribution in [0.5, 0.6) is 0 Å². The highest BCUT2D eigenvalue weighted by molar-refractivity contribution is 5.96. The number of amidine groups is 1. The van der Waals surface area contributed by atoms with Gasteiger partial charge in [0.15, 0.2) is 5.84 Å². The highest BCUT2D eigenvalue weighted by Gasteiger charge is 2.08. The van der Waals surface area contributed by atoms with Crippen LogP contribution in [0.4, 0.5) is 10.1 Å². The number of aryl methyl sites for hydroxylation is 1. The van der Waals surface area contributed by atoms with Gasteiger partial charge in [0, 0.05) is 24.0 Å². The van der Waals surface area contributed by atoms with E-state index in [-0.39, 0.29) is 11.7 Å². The Kier molecular flexibility index (Phi) is 4.14. The summed E-state index contributed by atoms with van der Waals surface area (Å²) in [6.07, 6.45) is 1.57. The molecule has 0 radical (unpaired) electrons. The zero-order valence-corrected chi connectivity index (χ0v) is 11.0. The van der Waals surface area contributed by atoms with Gasteiger partial charge in [-0.3, -0.25) is 4.98 Å². The number of nitrogens with zero attached hydrogens (tertiary/aromatic N) is 2. The Labute approximate surface area is 116 Å². The second kappa shape index (κ2) is 6.01. The monoisotopic (exact) mass is 274 g/mol. The van der Waals surface area contributed by atoms with Gasteiger partial charge < -0.3 is 16.3 Å². The fourth-order valence-corrected chi connectivity index (χ4v) is 1.81. The van der Waals surface area contributed by atoms with Crippen molar-refractivity contribution in [2.45, 2.75) is 13.5 Å². The standard InChI is InChI=1S/C14H15FN4O/c1-9-7-11(4-5-12(9)15)18-8-10-3-2-6-17-13(10)14(16)19-20/h2-7,18,20H,8H2,1H3,(H2,16,19). The second-order valence-electron chi connectivity index (χ2n) is 4.31. The first-order valence-electron chi connectivity index (χ1n) is 6.03. The van der Waals surface area contributed by atoms with E-state index in [0.717, 1.165) is 11.3 Å². The largest absolute Gasteiger partial charge is 0.409 e. The predicted molar refractivity (Wildman–Crippen MR) is 75.2 cm³/mol. The van der Waals surface area contributed by atoms with Crippen LogP contribution in [0.25, 0.3) is 0 Å². The quantitative estimate of drug-likeness (QED) is 0.345. The fourth-order valence-electron chi connectivity index (χ4n) is 1.81. The van der Waals surface area contributed by atoms with Crippen molar-refractivity contribution in [2.75, 3.05) is 5.32 Å². The Bertz CT molecular complexity index is 643. The first-order chi connectivity index (χ1) is 9.61. The molecule has 0 spiro atoms. The number of rotatable bonds is 4. The van der Waals surface area contributed by atoms with Gasteiger partial charge in [0.1, 0.15) is 11.5 Å².